The van der Waals surface area contributed by atoms with Gasteiger partial charge >= 0.3 is 0 Å². The van der Waals surface area contributed by atoms with Gasteiger partial charge in [0.25, 0.3) is 0 Å². The summed E-state index contributed by atoms with van der Waals surface area (Å²) in [5, 5.41) is 13.0. The number of nitrogens with zero attached hydrogens (tertiary/aromatic N) is 2. The Kier molecular flexibility index (Phi) is 6.09. The van der Waals surface area contributed by atoms with Gasteiger partial charge in [-0.3, -0.25) is 9.59 Å². The molecule has 2 amide bonds. The number of hydrogen-bond donors (Lipinski definition) is 2. The molecule has 0 unspecified atom stereocenters. The number of nitrogens with one attached hydrogen (secondary N) is 1. The minimum Gasteiger partial charge on any atom is -0.487 e. The lowest BCUT2D eigenvalue weighted by molar-refractivity contribution is -0.150. The normalized spacial score (nSPS) is 30.1. The van der Waals surface area contributed by atoms with Crippen molar-refractivity contribution in [1.82, 2.24) is 9.80 Å². The molecular formula is C24H33N3O5. The van der Waals surface area contributed by atoms with Crippen LogP contribution in [0.3, 0.4) is 0 Å². The highest BCUT2D eigenvalue weighted by Crippen LogP contribution is 2.47. The Hall–Kier alpha value is -2.16. The fraction of sp³-hybridized carbons (Fsp3) is 0.667. The quantitative estimate of drug-likeness (QED) is 0.718. The third-order valence-electron chi connectivity index (χ3n) is 7.50. The summed E-state index contributed by atoms with van der Waals surface area (Å²) in [5.74, 6) is 1.12. The average Bonchev–Trinajstić information content (AvgIpc) is 3.10. The topological polar surface area (TPSA) is 91.3 Å². The SMILES string of the molecule is CN1CCN(C(=O)C[C@H]2C[C@@H]3c4cc(NC(=O)C5CCC5)ccc4O[C@@H]3[C@@H](CO)O2)CC1. The van der Waals surface area contributed by atoms with Gasteiger partial charge in [-0.1, -0.05) is 6.42 Å². The van der Waals surface area contributed by atoms with Crippen molar-refractivity contribution >= 4 is 17.5 Å². The van der Waals surface area contributed by atoms with Gasteiger partial charge in [0.1, 0.15) is 18.0 Å². The molecule has 0 aromatic heterocycles. The van der Waals surface area contributed by atoms with E-state index in [1.54, 1.807) is 0 Å². The molecule has 5 rings (SSSR count). The third-order valence-corrected chi connectivity index (χ3v) is 7.50. The highest BCUT2D eigenvalue weighted by Gasteiger charge is 2.46. The van der Waals surface area contributed by atoms with Crippen molar-refractivity contribution in [2.24, 2.45) is 5.92 Å². The summed E-state index contributed by atoms with van der Waals surface area (Å²) >= 11 is 0. The molecule has 4 aliphatic rings. The zero-order chi connectivity index (χ0) is 22.2. The van der Waals surface area contributed by atoms with Crippen molar-refractivity contribution in [2.75, 3.05) is 45.2 Å². The lowest BCUT2D eigenvalue weighted by atomic mass is 9.83. The minimum absolute atomic E-state index is 0.0294. The molecule has 3 fully saturated rings. The van der Waals surface area contributed by atoms with Crippen molar-refractivity contribution in [3.05, 3.63) is 23.8 Å². The number of piperazine rings is 1. The summed E-state index contributed by atoms with van der Waals surface area (Å²) in [6, 6.07) is 5.76. The van der Waals surface area contributed by atoms with E-state index in [-0.39, 0.29) is 42.5 Å². The van der Waals surface area contributed by atoms with E-state index in [1.807, 2.05) is 23.1 Å². The summed E-state index contributed by atoms with van der Waals surface area (Å²) in [5.41, 5.74) is 1.81. The summed E-state index contributed by atoms with van der Waals surface area (Å²) in [6.45, 7) is 3.11. The average molecular weight is 444 g/mol. The highest BCUT2D eigenvalue weighted by molar-refractivity contribution is 5.93. The number of benzene rings is 1. The van der Waals surface area contributed by atoms with E-state index < -0.39 is 6.10 Å². The Morgan fingerprint density at radius 2 is 1.97 bits per heavy atom. The number of carbonyl (C=O) groups is 2. The smallest absolute Gasteiger partial charge is 0.227 e. The maximum atomic E-state index is 12.9. The largest absolute Gasteiger partial charge is 0.487 e. The summed E-state index contributed by atoms with van der Waals surface area (Å²) in [6.07, 6.45) is 3.01. The second-order valence-electron chi connectivity index (χ2n) is 9.66. The number of aliphatic hydroxyl groups is 1. The summed E-state index contributed by atoms with van der Waals surface area (Å²) in [7, 11) is 2.07. The van der Waals surface area contributed by atoms with Gasteiger partial charge in [-0.2, -0.15) is 0 Å². The van der Waals surface area contributed by atoms with E-state index in [1.165, 1.54) is 0 Å². The number of carbonyl (C=O) groups excluding carboxylic acids is 2. The van der Waals surface area contributed by atoms with E-state index >= 15 is 0 Å². The molecule has 3 heterocycles. The van der Waals surface area contributed by atoms with Gasteiger partial charge in [0.05, 0.1) is 19.1 Å². The molecule has 8 nitrogen and oxygen atoms in total. The Morgan fingerprint density at radius 1 is 1.19 bits per heavy atom. The third kappa shape index (κ3) is 4.23. The van der Waals surface area contributed by atoms with Crippen LogP contribution in [0.15, 0.2) is 18.2 Å². The molecule has 8 heteroatoms. The first-order valence-electron chi connectivity index (χ1n) is 11.9. The summed E-state index contributed by atoms with van der Waals surface area (Å²) < 4.78 is 12.2. The molecule has 4 atom stereocenters. The molecular weight excluding hydrogens is 410 g/mol. The van der Waals surface area contributed by atoms with Crippen molar-refractivity contribution in [3.8, 4) is 5.75 Å². The fourth-order valence-corrected chi connectivity index (χ4v) is 5.26. The molecule has 1 saturated carbocycles. The van der Waals surface area contributed by atoms with Gasteiger partial charge in [-0.05, 0) is 44.5 Å². The molecule has 1 aliphatic carbocycles. The molecule has 2 saturated heterocycles. The zero-order valence-corrected chi connectivity index (χ0v) is 18.7. The van der Waals surface area contributed by atoms with E-state index in [0.717, 1.165) is 62.4 Å². The van der Waals surface area contributed by atoms with Crippen molar-refractivity contribution in [2.45, 2.75) is 56.3 Å². The second-order valence-corrected chi connectivity index (χ2v) is 9.66. The number of anilines is 1. The number of aliphatic hydroxyl groups excluding tert-OH is 1. The Bertz CT molecular complexity index is 865. The molecule has 0 bridgehead atoms. The predicted molar refractivity (Wildman–Crippen MR) is 119 cm³/mol. The van der Waals surface area contributed by atoms with E-state index in [0.29, 0.717) is 12.8 Å². The standard InChI is InChI=1S/C24H33N3O5/c1-26-7-9-27(10-8-26)22(29)13-17-12-19-18-11-16(25-24(30)15-3-2-4-15)5-6-20(18)32-23(19)21(14-28)31-17/h5-6,11,15,17,19,21,23,28H,2-4,7-10,12-14H2,1H3,(H,25,30)/t17-,19-,21-,23+/m1/s1. The first kappa shape index (κ1) is 21.7. The lowest BCUT2D eigenvalue weighted by Crippen LogP contribution is -2.50. The maximum absolute atomic E-state index is 12.9. The van der Waals surface area contributed by atoms with Crippen LogP contribution < -0.4 is 10.1 Å². The van der Waals surface area contributed by atoms with Gasteiger partial charge in [-0.15, -0.1) is 0 Å². The first-order chi connectivity index (χ1) is 15.5. The van der Waals surface area contributed by atoms with Crippen LogP contribution in [0.2, 0.25) is 0 Å². The van der Waals surface area contributed by atoms with Gasteiger partial charge in [-0.25, -0.2) is 0 Å². The number of rotatable bonds is 5. The second kappa shape index (κ2) is 9.00. The van der Waals surface area contributed by atoms with E-state index in [2.05, 4.69) is 17.3 Å². The van der Waals surface area contributed by atoms with Crippen molar-refractivity contribution in [1.29, 1.82) is 0 Å². The molecule has 3 aliphatic heterocycles. The molecule has 0 radical (unpaired) electrons. The van der Waals surface area contributed by atoms with Crippen LogP contribution in [0.4, 0.5) is 5.69 Å². The molecule has 1 aromatic carbocycles. The first-order valence-corrected chi connectivity index (χ1v) is 11.9. The molecule has 0 spiro atoms. The van der Waals surface area contributed by atoms with Crippen molar-refractivity contribution in [3.63, 3.8) is 0 Å². The van der Waals surface area contributed by atoms with Crippen LogP contribution in [0.25, 0.3) is 0 Å². The highest BCUT2D eigenvalue weighted by atomic mass is 16.6. The number of likely N-dealkylation sites (N-methyl/N-ethyl adjacent to an activating group) is 1. The van der Waals surface area contributed by atoms with Gasteiger partial charge in [0.15, 0.2) is 0 Å². The van der Waals surface area contributed by atoms with E-state index in [4.69, 9.17) is 9.47 Å². The van der Waals surface area contributed by atoms with Gasteiger partial charge in [0, 0.05) is 49.3 Å². The zero-order valence-electron chi connectivity index (χ0n) is 18.7. The van der Waals surface area contributed by atoms with Gasteiger partial charge < -0.3 is 29.7 Å². The minimum atomic E-state index is -0.473. The molecule has 2 N–H and O–H groups in total. The monoisotopic (exact) mass is 443 g/mol. The van der Waals surface area contributed by atoms with Crippen molar-refractivity contribution < 1.29 is 24.2 Å². The van der Waals surface area contributed by atoms with Crippen LogP contribution in [0.1, 0.15) is 43.6 Å². The van der Waals surface area contributed by atoms with Crippen LogP contribution in [-0.4, -0.2) is 84.9 Å². The number of fused-ring (bicyclic) bond motifs is 3. The number of hydrogen-bond acceptors (Lipinski definition) is 6. The molecule has 1 aromatic rings. The Morgan fingerprint density at radius 3 is 2.66 bits per heavy atom. The molecule has 32 heavy (non-hydrogen) atoms. The predicted octanol–water partition coefficient (Wildman–Crippen LogP) is 1.58. The van der Waals surface area contributed by atoms with Gasteiger partial charge in [0.2, 0.25) is 11.8 Å². The Balaban J connectivity index is 1.28. The number of ether oxygens (including phenoxy) is 2. The van der Waals surface area contributed by atoms with Crippen LogP contribution in [-0.2, 0) is 14.3 Å². The molecule has 174 valence electrons. The number of amides is 2. The summed E-state index contributed by atoms with van der Waals surface area (Å²) in [4.78, 5) is 29.4. The Labute approximate surface area is 188 Å². The van der Waals surface area contributed by atoms with Crippen LogP contribution >= 0.6 is 0 Å². The maximum Gasteiger partial charge on any atom is 0.227 e. The van der Waals surface area contributed by atoms with E-state index in [9.17, 15) is 14.7 Å². The lowest BCUT2D eigenvalue weighted by Gasteiger charge is -2.38. The van der Waals surface area contributed by atoms with Crippen LogP contribution in [0, 0.1) is 5.92 Å². The fourth-order valence-electron chi connectivity index (χ4n) is 5.26. The van der Waals surface area contributed by atoms with Crippen LogP contribution in [0.5, 0.6) is 5.75 Å².